The van der Waals surface area contributed by atoms with Crippen molar-refractivity contribution in [2.75, 3.05) is 23.7 Å². The molecule has 4 heteroatoms. The van der Waals surface area contributed by atoms with Gasteiger partial charge in [0.1, 0.15) is 6.07 Å². The lowest BCUT2D eigenvalue weighted by molar-refractivity contribution is 0.407. The Labute approximate surface area is 102 Å². The lowest BCUT2D eigenvalue weighted by Crippen LogP contribution is -2.54. The minimum absolute atomic E-state index is 0.423. The van der Waals surface area contributed by atoms with Crippen LogP contribution in [0.5, 0.6) is 0 Å². The summed E-state index contributed by atoms with van der Waals surface area (Å²) in [5.74, 6) is 0. The molecule has 4 nitrogen and oxygen atoms in total. The van der Waals surface area contributed by atoms with E-state index in [9.17, 15) is 0 Å². The highest BCUT2D eigenvalue weighted by Crippen LogP contribution is 2.24. The van der Waals surface area contributed by atoms with Gasteiger partial charge >= 0.3 is 0 Å². The summed E-state index contributed by atoms with van der Waals surface area (Å²) in [5, 5.41) is 12.6. The van der Waals surface area contributed by atoms with Gasteiger partial charge in [-0.1, -0.05) is 0 Å². The molecule has 17 heavy (non-hydrogen) atoms. The van der Waals surface area contributed by atoms with E-state index >= 15 is 0 Å². The van der Waals surface area contributed by atoms with Crippen LogP contribution in [0.3, 0.4) is 0 Å². The topological polar surface area (TPSA) is 65.1 Å². The second-order valence-corrected chi connectivity index (χ2v) is 4.76. The molecule has 1 aliphatic heterocycles. The fourth-order valence-corrected chi connectivity index (χ4v) is 2.43. The van der Waals surface area contributed by atoms with E-state index in [-0.39, 0.29) is 0 Å². The molecule has 0 aliphatic carbocycles. The Hall–Kier alpha value is -1.73. The second kappa shape index (κ2) is 4.64. The SMILES string of the molecule is CC1CN(c2cc(N)ccc2C#N)CC(C)N1. The summed E-state index contributed by atoms with van der Waals surface area (Å²) >= 11 is 0. The van der Waals surface area contributed by atoms with Crippen LogP contribution in [0.15, 0.2) is 18.2 Å². The first-order valence-electron chi connectivity index (χ1n) is 5.90. The maximum Gasteiger partial charge on any atom is 0.101 e. The average molecular weight is 230 g/mol. The van der Waals surface area contributed by atoms with Crippen LogP contribution in [0.4, 0.5) is 11.4 Å². The molecule has 1 aliphatic rings. The molecule has 1 heterocycles. The first-order valence-corrected chi connectivity index (χ1v) is 5.90. The molecule has 1 saturated heterocycles. The van der Waals surface area contributed by atoms with Gasteiger partial charge in [0.15, 0.2) is 0 Å². The van der Waals surface area contributed by atoms with Crippen molar-refractivity contribution >= 4 is 11.4 Å². The van der Waals surface area contributed by atoms with E-state index in [0.29, 0.717) is 23.3 Å². The Kier molecular flexibility index (Phi) is 3.21. The van der Waals surface area contributed by atoms with Crippen molar-refractivity contribution in [3.05, 3.63) is 23.8 Å². The Bertz CT molecular complexity index is 439. The van der Waals surface area contributed by atoms with Crippen LogP contribution in [-0.4, -0.2) is 25.2 Å². The molecule has 0 spiro atoms. The van der Waals surface area contributed by atoms with E-state index < -0.39 is 0 Å². The number of nitrogen functional groups attached to an aromatic ring is 1. The Balaban J connectivity index is 2.33. The summed E-state index contributed by atoms with van der Waals surface area (Å²) in [7, 11) is 0. The third-order valence-electron chi connectivity index (χ3n) is 3.04. The number of anilines is 2. The van der Waals surface area contributed by atoms with Crippen molar-refractivity contribution in [1.29, 1.82) is 5.26 Å². The zero-order chi connectivity index (χ0) is 12.4. The van der Waals surface area contributed by atoms with Crippen molar-refractivity contribution in [3.8, 4) is 6.07 Å². The van der Waals surface area contributed by atoms with Gasteiger partial charge in [-0.2, -0.15) is 5.26 Å². The van der Waals surface area contributed by atoms with Gasteiger partial charge in [0, 0.05) is 30.9 Å². The van der Waals surface area contributed by atoms with Crippen molar-refractivity contribution in [2.24, 2.45) is 0 Å². The van der Waals surface area contributed by atoms with Crippen molar-refractivity contribution in [1.82, 2.24) is 5.32 Å². The lowest BCUT2D eigenvalue weighted by Gasteiger charge is -2.38. The maximum atomic E-state index is 9.14. The smallest absolute Gasteiger partial charge is 0.101 e. The minimum Gasteiger partial charge on any atom is -0.399 e. The zero-order valence-corrected chi connectivity index (χ0v) is 10.3. The van der Waals surface area contributed by atoms with Crippen molar-refractivity contribution in [3.63, 3.8) is 0 Å². The van der Waals surface area contributed by atoms with E-state index in [0.717, 1.165) is 18.8 Å². The largest absolute Gasteiger partial charge is 0.399 e. The molecule has 0 bridgehead atoms. The number of nitrogens with one attached hydrogen (secondary N) is 1. The molecule has 0 radical (unpaired) electrons. The molecule has 3 N–H and O–H groups in total. The number of nitriles is 1. The molecule has 1 fully saturated rings. The first-order chi connectivity index (χ1) is 8.10. The molecule has 1 aromatic carbocycles. The monoisotopic (exact) mass is 230 g/mol. The van der Waals surface area contributed by atoms with E-state index in [1.54, 1.807) is 12.1 Å². The number of nitrogens with two attached hydrogens (primary N) is 1. The Morgan fingerprint density at radius 2 is 2.00 bits per heavy atom. The molecular formula is C13H18N4. The average Bonchev–Trinajstić information content (AvgIpc) is 2.27. The van der Waals surface area contributed by atoms with Crippen molar-refractivity contribution in [2.45, 2.75) is 25.9 Å². The normalized spacial score (nSPS) is 24.4. The van der Waals surface area contributed by atoms with E-state index in [4.69, 9.17) is 11.0 Å². The number of hydrogen-bond donors (Lipinski definition) is 2. The van der Waals surface area contributed by atoms with Gasteiger partial charge in [-0.05, 0) is 32.0 Å². The summed E-state index contributed by atoms with van der Waals surface area (Å²) in [6.45, 7) is 6.12. The van der Waals surface area contributed by atoms with Gasteiger partial charge in [0.2, 0.25) is 0 Å². The minimum atomic E-state index is 0.423. The van der Waals surface area contributed by atoms with Crippen LogP contribution >= 0.6 is 0 Å². The highest BCUT2D eigenvalue weighted by Gasteiger charge is 2.22. The first kappa shape index (κ1) is 11.7. The summed E-state index contributed by atoms with van der Waals surface area (Å²) in [6.07, 6.45) is 0. The number of nitrogens with zero attached hydrogens (tertiary/aromatic N) is 2. The highest BCUT2D eigenvalue weighted by molar-refractivity contribution is 5.65. The molecule has 90 valence electrons. The zero-order valence-electron chi connectivity index (χ0n) is 10.3. The summed E-state index contributed by atoms with van der Waals surface area (Å²) < 4.78 is 0. The van der Waals surface area contributed by atoms with Gasteiger partial charge in [-0.25, -0.2) is 0 Å². The number of hydrogen-bond acceptors (Lipinski definition) is 4. The van der Waals surface area contributed by atoms with Gasteiger partial charge in [-0.15, -0.1) is 0 Å². The number of piperazine rings is 1. The van der Waals surface area contributed by atoms with E-state index in [1.165, 1.54) is 0 Å². The Morgan fingerprint density at radius 1 is 1.35 bits per heavy atom. The summed E-state index contributed by atoms with van der Waals surface area (Å²) in [5.41, 5.74) is 8.16. The number of benzene rings is 1. The fourth-order valence-electron chi connectivity index (χ4n) is 2.43. The highest BCUT2D eigenvalue weighted by atomic mass is 15.2. The molecule has 2 unspecified atom stereocenters. The summed E-state index contributed by atoms with van der Waals surface area (Å²) in [4.78, 5) is 2.24. The predicted octanol–water partition coefficient (Wildman–Crippen LogP) is 1.33. The quantitative estimate of drug-likeness (QED) is 0.714. The molecular weight excluding hydrogens is 212 g/mol. The standard InChI is InChI=1S/C13H18N4/c1-9-7-17(8-10(2)16-9)13-5-12(15)4-3-11(13)6-14/h3-5,9-10,16H,7-8,15H2,1-2H3. The Morgan fingerprint density at radius 3 is 2.59 bits per heavy atom. The maximum absolute atomic E-state index is 9.14. The molecule has 0 aromatic heterocycles. The van der Waals surface area contributed by atoms with Crippen LogP contribution < -0.4 is 16.0 Å². The summed E-state index contributed by atoms with van der Waals surface area (Å²) in [6, 6.07) is 8.54. The lowest BCUT2D eigenvalue weighted by atomic mass is 10.1. The van der Waals surface area contributed by atoms with Gasteiger partial charge in [0.25, 0.3) is 0 Å². The van der Waals surface area contributed by atoms with Gasteiger partial charge in [-0.3, -0.25) is 0 Å². The van der Waals surface area contributed by atoms with E-state index in [2.05, 4.69) is 30.1 Å². The third kappa shape index (κ3) is 2.51. The van der Waals surface area contributed by atoms with Crippen LogP contribution in [0, 0.1) is 11.3 Å². The second-order valence-electron chi connectivity index (χ2n) is 4.76. The molecule has 1 aromatic rings. The van der Waals surface area contributed by atoms with Crippen LogP contribution in [0.2, 0.25) is 0 Å². The van der Waals surface area contributed by atoms with Crippen LogP contribution in [0.25, 0.3) is 0 Å². The molecule has 2 atom stereocenters. The van der Waals surface area contributed by atoms with Crippen LogP contribution in [-0.2, 0) is 0 Å². The predicted molar refractivity (Wildman–Crippen MR) is 69.8 cm³/mol. The van der Waals surface area contributed by atoms with Crippen LogP contribution in [0.1, 0.15) is 19.4 Å². The third-order valence-corrected chi connectivity index (χ3v) is 3.04. The van der Waals surface area contributed by atoms with E-state index in [1.807, 2.05) is 6.07 Å². The van der Waals surface area contributed by atoms with Crippen molar-refractivity contribution < 1.29 is 0 Å². The molecule has 2 rings (SSSR count). The van der Waals surface area contributed by atoms with Gasteiger partial charge < -0.3 is 16.0 Å². The fraction of sp³-hybridized carbons (Fsp3) is 0.462. The number of rotatable bonds is 1. The van der Waals surface area contributed by atoms with Gasteiger partial charge in [0.05, 0.1) is 11.3 Å². The molecule has 0 amide bonds. The molecule has 0 saturated carbocycles.